The van der Waals surface area contributed by atoms with Gasteiger partial charge in [0.2, 0.25) is 11.8 Å². The Morgan fingerprint density at radius 3 is 2.70 bits per heavy atom. The molecule has 3 rings (SSSR count). The van der Waals surface area contributed by atoms with E-state index in [0.717, 1.165) is 10.6 Å². The average Bonchev–Trinajstić information content (AvgIpc) is 3.26. The Morgan fingerprint density at radius 1 is 1.17 bits per heavy atom. The molecule has 2 aromatic heterocycles. The third-order valence-electron chi connectivity index (χ3n) is 3.44. The summed E-state index contributed by atoms with van der Waals surface area (Å²) in [6.45, 7) is 2.60. The molecule has 2 heterocycles. The summed E-state index contributed by atoms with van der Waals surface area (Å²) < 4.78 is 5.61. The van der Waals surface area contributed by atoms with Gasteiger partial charge in [-0.05, 0) is 30.5 Å². The van der Waals surface area contributed by atoms with Crippen molar-refractivity contribution in [2.45, 2.75) is 19.8 Å². The van der Waals surface area contributed by atoms with Gasteiger partial charge in [0.1, 0.15) is 0 Å². The first kappa shape index (κ1) is 15.4. The van der Waals surface area contributed by atoms with E-state index in [1.54, 1.807) is 16.2 Å². The normalized spacial score (nSPS) is 10.7. The molecule has 0 aliphatic heterocycles. The molecule has 1 amide bonds. The van der Waals surface area contributed by atoms with Crippen LogP contribution in [0.3, 0.4) is 0 Å². The third kappa shape index (κ3) is 3.65. The topological polar surface area (TPSA) is 59.2 Å². The number of nitrogens with zero attached hydrogens (tertiary/aromatic N) is 3. The quantitative estimate of drug-likeness (QED) is 0.691. The Bertz CT molecular complexity index is 753. The summed E-state index contributed by atoms with van der Waals surface area (Å²) in [4.78, 5) is 15.1. The number of hydrogen-bond acceptors (Lipinski definition) is 5. The van der Waals surface area contributed by atoms with Crippen LogP contribution in [0.15, 0.2) is 52.3 Å². The maximum atomic E-state index is 12.4. The smallest absolute Gasteiger partial charge is 0.257 e. The number of para-hydroxylation sites is 1. The molecule has 6 heteroatoms. The van der Waals surface area contributed by atoms with Gasteiger partial charge < -0.3 is 9.32 Å². The minimum atomic E-state index is 0.0505. The molecule has 0 aliphatic carbocycles. The number of anilines is 1. The molecule has 0 atom stereocenters. The van der Waals surface area contributed by atoms with E-state index in [0.29, 0.717) is 31.2 Å². The lowest BCUT2D eigenvalue weighted by atomic mass is 10.2. The standard InChI is InChI=1S/C17H17N3O2S/c1-2-20(13-7-4-3-5-8-13)16(21)11-10-15-18-19-17(22-15)14-9-6-12-23-14/h3-9,12H,2,10-11H2,1H3. The van der Waals surface area contributed by atoms with Crippen molar-refractivity contribution in [1.82, 2.24) is 10.2 Å². The second-order valence-electron chi connectivity index (χ2n) is 4.95. The lowest BCUT2D eigenvalue weighted by Gasteiger charge is -2.20. The zero-order chi connectivity index (χ0) is 16.1. The largest absolute Gasteiger partial charge is 0.420 e. The van der Waals surface area contributed by atoms with Crippen molar-refractivity contribution in [3.63, 3.8) is 0 Å². The highest BCUT2D eigenvalue weighted by Gasteiger charge is 2.16. The van der Waals surface area contributed by atoms with Crippen molar-refractivity contribution >= 4 is 22.9 Å². The Kier molecular flexibility index (Phi) is 4.83. The van der Waals surface area contributed by atoms with E-state index >= 15 is 0 Å². The molecule has 0 N–H and O–H groups in total. The highest BCUT2D eigenvalue weighted by Crippen LogP contribution is 2.23. The molecule has 0 spiro atoms. The highest BCUT2D eigenvalue weighted by molar-refractivity contribution is 7.13. The number of benzene rings is 1. The molecular weight excluding hydrogens is 310 g/mol. The lowest BCUT2D eigenvalue weighted by Crippen LogP contribution is -2.30. The molecule has 0 saturated carbocycles. The van der Waals surface area contributed by atoms with Gasteiger partial charge in [-0.1, -0.05) is 24.3 Å². The van der Waals surface area contributed by atoms with Crippen LogP contribution in [-0.2, 0) is 11.2 Å². The monoisotopic (exact) mass is 327 g/mol. The van der Waals surface area contributed by atoms with E-state index in [-0.39, 0.29) is 5.91 Å². The van der Waals surface area contributed by atoms with Gasteiger partial charge in [0.25, 0.3) is 5.89 Å². The number of amides is 1. The number of carbonyl (C=O) groups excluding carboxylic acids is 1. The van der Waals surface area contributed by atoms with Crippen molar-refractivity contribution in [1.29, 1.82) is 0 Å². The summed E-state index contributed by atoms with van der Waals surface area (Å²) in [6.07, 6.45) is 0.787. The molecule has 0 bridgehead atoms. The van der Waals surface area contributed by atoms with Crippen LogP contribution in [0.5, 0.6) is 0 Å². The number of aromatic nitrogens is 2. The van der Waals surface area contributed by atoms with Gasteiger partial charge >= 0.3 is 0 Å². The Hall–Kier alpha value is -2.47. The molecule has 23 heavy (non-hydrogen) atoms. The predicted octanol–water partition coefficient (Wildman–Crippen LogP) is 3.78. The molecule has 5 nitrogen and oxygen atoms in total. The first-order valence-corrected chi connectivity index (χ1v) is 8.37. The highest BCUT2D eigenvalue weighted by atomic mass is 32.1. The Labute approximate surface area is 138 Å². The van der Waals surface area contributed by atoms with Gasteiger partial charge in [-0.2, -0.15) is 0 Å². The fourth-order valence-electron chi connectivity index (χ4n) is 2.31. The number of rotatable bonds is 6. The summed E-state index contributed by atoms with van der Waals surface area (Å²) in [5, 5.41) is 10.0. The fourth-order valence-corrected chi connectivity index (χ4v) is 2.96. The van der Waals surface area contributed by atoms with Gasteiger partial charge in [0.05, 0.1) is 4.88 Å². The van der Waals surface area contributed by atoms with Gasteiger partial charge in [-0.15, -0.1) is 21.5 Å². The number of carbonyl (C=O) groups is 1. The van der Waals surface area contributed by atoms with E-state index in [2.05, 4.69) is 10.2 Å². The van der Waals surface area contributed by atoms with E-state index in [9.17, 15) is 4.79 Å². The van der Waals surface area contributed by atoms with Crippen LogP contribution in [0, 0.1) is 0 Å². The summed E-state index contributed by atoms with van der Waals surface area (Å²) >= 11 is 1.55. The SMILES string of the molecule is CCN(C(=O)CCc1nnc(-c2cccs2)o1)c1ccccc1. The van der Waals surface area contributed by atoms with E-state index in [4.69, 9.17) is 4.42 Å². The van der Waals surface area contributed by atoms with Crippen molar-refractivity contribution in [2.24, 2.45) is 0 Å². The van der Waals surface area contributed by atoms with E-state index in [1.165, 1.54) is 0 Å². The Balaban J connectivity index is 1.62. The molecule has 0 fully saturated rings. The minimum Gasteiger partial charge on any atom is -0.420 e. The van der Waals surface area contributed by atoms with Crippen molar-refractivity contribution in [2.75, 3.05) is 11.4 Å². The van der Waals surface area contributed by atoms with Crippen molar-refractivity contribution < 1.29 is 9.21 Å². The number of thiophene rings is 1. The summed E-state index contributed by atoms with van der Waals surface area (Å²) in [5.74, 6) is 1.05. The van der Waals surface area contributed by atoms with Crippen LogP contribution in [0.2, 0.25) is 0 Å². The van der Waals surface area contributed by atoms with Crippen LogP contribution < -0.4 is 4.90 Å². The first-order chi connectivity index (χ1) is 11.3. The van der Waals surface area contributed by atoms with Gasteiger partial charge in [-0.25, -0.2) is 0 Å². The van der Waals surface area contributed by atoms with Crippen LogP contribution in [0.4, 0.5) is 5.69 Å². The molecule has 0 radical (unpaired) electrons. The first-order valence-electron chi connectivity index (χ1n) is 7.49. The van der Waals surface area contributed by atoms with Crippen LogP contribution in [0.25, 0.3) is 10.8 Å². The maximum absolute atomic E-state index is 12.4. The second-order valence-corrected chi connectivity index (χ2v) is 5.90. The summed E-state index contributed by atoms with van der Waals surface area (Å²) in [5.41, 5.74) is 0.907. The third-order valence-corrected chi connectivity index (χ3v) is 4.29. The van der Waals surface area contributed by atoms with Crippen molar-refractivity contribution in [3.8, 4) is 10.8 Å². The zero-order valence-corrected chi connectivity index (χ0v) is 13.6. The Morgan fingerprint density at radius 2 is 2.00 bits per heavy atom. The molecule has 0 saturated heterocycles. The summed E-state index contributed by atoms with van der Waals surface area (Å²) in [6, 6.07) is 13.5. The minimum absolute atomic E-state index is 0.0505. The average molecular weight is 327 g/mol. The molecule has 0 aliphatic rings. The van der Waals surface area contributed by atoms with Gasteiger partial charge in [0, 0.05) is 25.1 Å². The van der Waals surface area contributed by atoms with Gasteiger partial charge in [0.15, 0.2) is 0 Å². The summed E-state index contributed by atoms with van der Waals surface area (Å²) in [7, 11) is 0. The zero-order valence-electron chi connectivity index (χ0n) is 12.8. The van der Waals surface area contributed by atoms with E-state index in [1.807, 2.05) is 54.8 Å². The second kappa shape index (κ2) is 7.19. The van der Waals surface area contributed by atoms with Crippen molar-refractivity contribution in [3.05, 3.63) is 53.7 Å². The fraction of sp³-hybridized carbons (Fsp3) is 0.235. The number of aryl methyl sites for hydroxylation is 1. The van der Waals surface area contributed by atoms with E-state index < -0.39 is 0 Å². The van der Waals surface area contributed by atoms with Crippen LogP contribution >= 0.6 is 11.3 Å². The lowest BCUT2D eigenvalue weighted by molar-refractivity contribution is -0.118. The maximum Gasteiger partial charge on any atom is 0.257 e. The van der Waals surface area contributed by atoms with Gasteiger partial charge in [-0.3, -0.25) is 4.79 Å². The number of hydrogen-bond donors (Lipinski definition) is 0. The molecular formula is C17H17N3O2S. The molecule has 118 valence electrons. The van der Waals surface area contributed by atoms with Crippen LogP contribution in [0.1, 0.15) is 19.2 Å². The molecule has 0 unspecified atom stereocenters. The molecule has 3 aromatic rings. The predicted molar refractivity (Wildman–Crippen MR) is 90.4 cm³/mol. The van der Waals surface area contributed by atoms with Crippen LogP contribution in [-0.4, -0.2) is 22.6 Å². The molecule has 1 aromatic carbocycles.